The summed E-state index contributed by atoms with van der Waals surface area (Å²) in [7, 11) is 3.86. The third-order valence-corrected chi connectivity index (χ3v) is 3.77. The maximum absolute atomic E-state index is 11.9. The number of aromatic hydroxyl groups is 1. The van der Waals surface area contributed by atoms with Crippen molar-refractivity contribution in [3.8, 4) is 17.2 Å². The van der Waals surface area contributed by atoms with Gasteiger partial charge in [0.05, 0.1) is 0 Å². The van der Waals surface area contributed by atoms with Gasteiger partial charge in [0.2, 0.25) is 5.75 Å². The van der Waals surface area contributed by atoms with Crippen LogP contribution in [-0.4, -0.2) is 42.6 Å². The molecule has 0 aromatic heterocycles. The van der Waals surface area contributed by atoms with E-state index in [1.807, 2.05) is 31.1 Å². The van der Waals surface area contributed by atoms with Gasteiger partial charge in [-0.15, -0.1) is 0 Å². The van der Waals surface area contributed by atoms with E-state index in [4.69, 9.17) is 9.47 Å². The molecular weight excluding hydrogens is 310 g/mol. The van der Waals surface area contributed by atoms with Gasteiger partial charge in [0, 0.05) is 29.6 Å². The molecule has 2 aromatic rings. The molecule has 0 spiro atoms. The molecule has 1 aliphatic heterocycles. The minimum atomic E-state index is -0.739. The van der Waals surface area contributed by atoms with Crippen LogP contribution in [0.2, 0.25) is 0 Å². The van der Waals surface area contributed by atoms with E-state index in [-0.39, 0.29) is 17.2 Å². The number of hydrogen-bond donors (Lipinski definition) is 1. The smallest absolute Gasteiger partial charge is 0.336 e. The number of phenolic OH excluding ortho intramolecular Hbond substituents is 1. The van der Waals surface area contributed by atoms with Gasteiger partial charge in [0.15, 0.2) is 11.5 Å². The van der Waals surface area contributed by atoms with Gasteiger partial charge in [-0.2, -0.15) is 0 Å². The number of carbonyl (C=O) groups excluding carboxylic acids is 2. The first-order valence-corrected chi connectivity index (χ1v) is 7.50. The third kappa shape index (κ3) is 2.96. The maximum Gasteiger partial charge on any atom is 0.336 e. The molecule has 0 aliphatic carbocycles. The number of fused-ring (bicyclic) bond motifs is 2. The Morgan fingerprint density at radius 3 is 2.17 bits per heavy atom. The Kier molecular flexibility index (Phi) is 4.22. The van der Waals surface area contributed by atoms with Gasteiger partial charge in [0.25, 0.3) is 0 Å². The fourth-order valence-electron chi connectivity index (χ4n) is 2.63. The van der Waals surface area contributed by atoms with Crippen LogP contribution in [0.3, 0.4) is 0 Å². The van der Waals surface area contributed by atoms with Gasteiger partial charge in [-0.05, 0) is 25.9 Å². The minimum Gasteiger partial charge on any atom is -0.504 e. The van der Waals surface area contributed by atoms with Crippen LogP contribution in [0, 0.1) is 0 Å². The molecule has 0 amide bonds. The molecule has 0 saturated heterocycles. The summed E-state index contributed by atoms with van der Waals surface area (Å²) in [6.07, 6.45) is 2.54. The van der Waals surface area contributed by atoms with Crippen molar-refractivity contribution in [1.82, 2.24) is 4.90 Å². The predicted molar refractivity (Wildman–Crippen MR) is 88.3 cm³/mol. The maximum atomic E-state index is 11.9. The summed E-state index contributed by atoms with van der Waals surface area (Å²) in [5.41, 5.74) is 0.712. The fourth-order valence-corrected chi connectivity index (χ4v) is 2.63. The highest BCUT2D eigenvalue weighted by Gasteiger charge is 2.26. The molecule has 0 fully saturated rings. The Morgan fingerprint density at radius 2 is 1.54 bits per heavy atom. The lowest BCUT2D eigenvalue weighted by Gasteiger charge is -2.20. The average molecular weight is 327 g/mol. The van der Waals surface area contributed by atoms with Crippen LogP contribution in [-0.2, 0) is 16.0 Å². The molecular formula is C18H17NO5. The van der Waals surface area contributed by atoms with Crippen LogP contribution >= 0.6 is 0 Å². The number of benzene rings is 2. The van der Waals surface area contributed by atoms with Gasteiger partial charge in [-0.25, -0.2) is 9.59 Å². The summed E-state index contributed by atoms with van der Waals surface area (Å²) >= 11 is 0. The topological polar surface area (TPSA) is 76.1 Å². The van der Waals surface area contributed by atoms with Crippen molar-refractivity contribution < 1.29 is 24.2 Å². The number of carbonyl (C=O) groups is 2. The van der Waals surface area contributed by atoms with Crippen LogP contribution in [0.4, 0.5) is 0 Å². The van der Waals surface area contributed by atoms with E-state index in [0.717, 1.165) is 17.5 Å². The molecule has 0 saturated carbocycles. The first kappa shape index (κ1) is 16.0. The number of esters is 2. The SMILES string of the molecule is CN(C)CCc1c2c(c(O)c3ccccc13)OC(=O)/C=C/C(=O)O2. The second-order valence-corrected chi connectivity index (χ2v) is 5.76. The number of nitrogens with zero attached hydrogens (tertiary/aromatic N) is 1. The first-order chi connectivity index (χ1) is 11.5. The Hall–Kier alpha value is -2.86. The highest BCUT2D eigenvalue weighted by Crippen LogP contribution is 2.47. The van der Waals surface area contributed by atoms with Crippen molar-refractivity contribution in [2.75, 3.05) is 20.6 Å². The van der Waals surface area contributed by atoms with Crippen molar-refractivity contribution in [3.05, 3.63) is 42.0 Å². The molecule has 0 bridgehead atoms. The van der Waals surface area contributed by atoms with Crippen LogP contribution < -0.4 is 9.47 Å². The van der Waals surface area contributed by atoms with E-state index in [1.165, 1.54) is 0 Å². The van der Waals surface area contributed by atoms with Crippen molar-refractivity contribution in [3.63, 3.8) is 0 Å². The largest absolute Gasteiger partial charge is 0.504 e. The summed E-state index contributed by atoms with van der Waals surface area (Å²) < 4.78 is 10.6. The quantitative estimate of drug-likeness (QED) is 0.687. The molecule has 1 N–H and O–H groups in total. The summed E-state index contributed by atoms with van der Waals surface area (Å²) in [4.78, 5) is 25.6. The van der Waals surface area contributed by atoms with E-state index >= 15 is 0 Å². The van der Waals surface area contributed by atoms with E-state index in [2.05, 4.69) is 0 Å². The molecule has 0 radical (unpaired) electrons. The third-order valence-electron chi connectivity index (χ3n) is 3.77. The zero-order chi connectivity index (χ0) is 17.3. The monoisotopic (exact) mass is 327 g/mol. The fraction of sp³-hybridized carbons (Fsp3) is 0.222. The normalized spacial score (nSPS) is 15.5. The van der Waals surface area contributed by atoms with Gasteiger partial charge in [-0.3, -0.25) is 0 Å². The highest BCUT2D eigenvalue weighted by molar-refractivity contribution is 6.01. The molecule has 1 aliphatic rings. The standard InChI is InChI=1S/C18H17NO5/c1-19(2)10-9-13-11-5-3-4-6-12(11)16(22)18-17(13)23-14(20)7-8-15(21)24-18/h3-8,22H,9-10H2,1-2H3/b8-7+. The lowest BCUT2D eigenvalue weighted by atomic mass is 9.98. The van der Waals surface area contributed by atoms with E-state index in [0.29, 0.717) is 23.9 Å². The second-order valence-electron chi connectivity index (χ2n) is 5.76. The zero-order valence-electron chi connectivity index (χ0n) is 13.4. The molecule has 2 aromatic carbocycles. The number of ether oxygens (including phenoxy) is 2. The number of phenols is 1. The van der Waals surface area contributed by atoms with Gasteiger partial charge >= 0.3 is 11.9 Å². The Morgan fingerprint density at radius 1 is 0.958 bits per heavy atom. The Labute approximate surface area is 138 Å². The average Bonchev–Trinajstić information content (AvgIpc) is 2.54. The van der Waals surface area contributed by atoms with Crippen LogP contribution in [0.25, 0.3) is 10.8 Å². The zero-order valence-corrected chi connectivity index (χ0v) is 13.4. The summed E-state index contributed by atoms with van der Waals surface area (Å²) in [6.45, 7) is 0.697. The second kappa shape index (κ2) is 6.33. The van der Waals surface area contributed by atoms with Gasteiger partial charge in [0.1, 0.15) is 0 Å². The van der Waals surface area contributed by atoms with Crippen LogP contribution in [0.1, 0.15) is 5.56 Å². The summed E-state index contributed by atoms with van der Waals surface area (Å²) in [6, 6.07) is 7.18. The number of rotatable bonds is 3. The van der Waals surface area contributed by atoms with Crippen molar-refractivity contribution in [2.45, 2.75) is 6.42 Å². The van der Waals surface area contributed by atoms with Crippen molar-refractivity contribution >= 4 is 22.7 Å². The van der Waals surface area contributed by atoms with E-state index in [1.54, 1.807) is 12.1 Å². The molecule has 24 heavy (non-hydrogen) atoms. The Bertz CT molecular complexity index is 854. The van der Waals surface area contributed by atoms with Crippen LogP contribution in [0.15, 0.2) is 36.4 Å². The summed E-state index contributed by atoms with van der Waals surface area (Å²) in [5.74, 6) is -1.67. The van der Waals surface area contributed by atoms with Gasteiger partial charge < -0.3 is 19.5 Å². The first-order valence-electron chi connectivity index (χ1n) is 7.50. The van der Waals surface area contributed by atoms with Crippen LogP contribution in [0.5, 0.6) is 17.2 Å². The van der Waals surface area contributed by atoms with Crippen molar-refractivity contribution in [2.24, 2.45) is 0 Å². The molecule has 0 unspecified atom stereocenters. The molecule has 6 heteroatoms. The number of hydrogen-bond acceptors (Lipinski definition) is 6. The molecule has 6 nitrogen and oxygen atoms in total. The minimum absolute atomic E-state index is 0.0933. The summed E-state index contributed by atoms with van der Waals surface area (Å²) in [5, 5.41) is 11.8. The highest BCUT2D eigenvalue weighted by atomic mass is 16.6. The van der Waals surface area contributed by atoms with Gasteiger partial charge in [-0.1, -0.05) is 24.3 Å². The van der Waals surface area contributed by atoms with E-state index in [9.17, 15) is 14.7 Å². The van der Waals surface area contributed by atoms with E-state index < -0.39 is 11.9 Å². The lowest BCUT2D eigenvalue weighted by molar-refractivity contribution is -0.133. The molecule has 0 atom stereocenters. The van der Waals surface area contributed by atoms with Crippen molar-refractivity contribution in [1.29, 1.82) is 0 Å². The molecule has 3 rings (SSSR count). The predicted octanol–water partition coefficient (Wildman–Crippen LogP) is 2.03. The molecule has 1 heterocycles. The number of likely N-dealkylation sites (N-methyl/N-ethyl adjacent to an activating group) is 1. The molecule has 124 valence electrons. The Balaban J connectivity index is 2.28. The lowest BCUT2D eigenvalue weighted by Crippen LogP contribution is -2.18.